The number of anilines is 1. The fraction of sp³-hybridized carbons (Fsp3) is 0.250. The van der Waals surface area contributed by atoms with E-state index in [0.29, 0.717) is 23.3 Å². The first-order valence-electron chi connectivity index (χ1n) is 5.77. The van der Waals surface area contributed by atoms with Gasteiger partial charge in [0.05, 0.1) is 32.5 Å². The van der Waals surface area contributed by atoms with Crippen LogP contribution in [0.2, 0.25) is 0 Å². The number of aromatic nitrogens is 1. The number of hydrogen-bond donors (Lipinski definition) is 2. The van der Waals surface area contributed by atoms with Crippen LogP contribution >= 0.6 is 0 Å². The van der Waals surface area contributed by atoms with Crippen molar-refractivity contribution < 1.29 is 17.4 Å². The van der Waals surface area contributed by atoms with Crippen LogP contribution in [0.1, 0.15) is 5.56 Å². The van der Waals surface area contributed by atoms with Crippen LogP contribution in [0.25, 0.3) is 10.9 Å². The van der Waals surface area contributed by atoms with Crippen LogP contribution in [0.4, 0.5) is 18.9 Å². The van der Waals surface area contributed by atoms with Crippen LogP contribution in [-0.2, 0) is 17.0 Å². The van der Waals surface area contributed by atoms with Crippen molar-refractivity contribution in [2.75, 3.05) is 17.6 Å². The van der Waals surface area contributed by atoms with E-state index in [2.05, 4.69) is 10.3 Å². The molecule has 1 atom stereocenters. The normalized spacial score (nSPS) is 18.6. The van der Waals surface area contributed by atoms with E-state index in [9.17, 15) is 22.2 Å². The van der Waals surface area contributed by atoms with Crippen LogP contribution in [0.5, 0.6) is 0 Å². The Morgan fingerprint density at radius 2 is 2.00 bits per heavy atom. The summed E-state index contributed by atoms with van der Waals surface area (Å²) in [7, 11) is -1.33. The molecule has 0 amide bonds. The van der Waals surface area contributed by atoms with E-state index >= 15 is 0 Å². The molecule has 1 aliphatic heterocycles. The van der Waals surface area contributed by atoms with Gasteiger partial charge in [0.15, 0.2) is 0 Å². The van der Waals surface area contributed by atoms with E-state index in [4.69, 9.17) is 0 Å². The van der Waals surface area contributed by atoms with Gasteiger partial charge in [0.1, 0.15) is 0 Å². The molecular formula is C12H9F3N2O2S. The second-order valence-corrected chi connectivity index (χ2v) is 5.92. The molecule has 0 radical (unpaired) electrons. The van der Waals surface area contributed by atoms with Gasteiger partial charge in [-0.3, -0.25) is 9.00 Å². The maximum absolute atomic E-state index is 13.1. The SMILES string of the molecule is O=c1cc(C(F)(F)F)c2c3c(ccc2[nH]1)S(=O)CCN3. The summed E-state index contributed by atoms with van der Waals surface area (Å²) in [5.41, 5.74) is -1.56. The minimum atomic E-state index is -4.65. The van der Waals surface area contributed by atoms with Gasteiger partial charge in [0.25, 0.3) is 0 Å². The summed E-state index contributed by atoms with van der Waals surface area (Å²) in [6.45, 7) is 0.329. The Balaban J connectivity index is 2.47. The molecule has 1 aromatic carbocycles. The molecule has 0 aliphatic carbocycles. The molecule has 4 nitrogen and oxygen atoms in total. The van der Waals surface area contributed by atoms with Crippen molar-refractivity contribution in [2.45, 2.75) is 11.1 Å². The van der Waals surface area contributed by atoms with E-state index in [1.165, 1.54) is 12.1 Å². The highest BCUT2D eigenvalue weighted by Crippen LogP contribution is 2.39. The summed E-state index contributed by atoms with van der Waals surface area (Å²) >= 11 is 0. The number of alkyl halides is 3. The Morgan fingerprint density at radius 3 is 2.70 bits per heavy atom. The van der Waals surface area contributed by atoms with Gasteiger partial charge in [0.2, 0.25) is 5.56 Å². The van der Waals surface area contributed by atoms with E-state index < -0.39 is 28.1 Å². The monoisotopic (exact) mass is 302 g/mol. The largest absolute Gasteiger partial charge is 0.417 e. The molecule has 20 heavy (non-hydrogen) atoms. The second kappa shape index (κ2) is 4.34. The first-order chi connectivity index (χ1) is 9.38. The van der Waals surface area contributed by atoms with E-state index in [1.807, 2.05) is 0 Å². The summed E-state index contributed by atoms with van der Waals surface area (Å²) in [5.74, 6) is 0.350. The van der Waals surface area contributed by atoms with Gasteiger partial charge in [-0.05, 0) is 12.1 Å². The summed E-state index contributed by atoms with van der Waals surface area (Å²) in [5, 5.41) is 2.72. The van der Waals surface area contributed by atoms with Crippen LogP contribution in [0.3, 0.4) is 0 Å². The van der Waals surface area contributed by atoms with E-state index in [-0.39, 0.29) is 16.6 Å². The first kappa shape index (κ1) is 13.2. The van der Waals surface area contributed by atoms with Crippen LogP contribution in [0.15, 0.2) is 27.9 Å². The summed E-state index contributed by atoms with van der Waals surface area (Å²) in [6.07, 6.45) is -4.65. The maximum Gasteiger partial charge on any atom is 0.417 e. The molecule has 2 N–H and O–H groups in total. The van der Waals surface area contributed by atoms with Crippen molar-refractivity contribution >= 4 is 27.4 Å². The molecule has 2 heterocycles. The molecule has 0 saturated heterocycles. The number of aromatic amines is 1. The fourth-order valence-electron chi connectivity index (χ4n) is 2.31. The third kappa shape index (κ3) is 2.00. The predicted molar refractivity (Wildman–Crippen MR) is 69.3 cm³/mol. The van der Waals surface area contributed by atoms with Gasteiger partial charge in [-0.2, -0.15) is 13.2 Å². The highest BCUT2D eigenvalue weighted by molar-refractivity contribution is 7.85. The Labute approximate surface area is 113 Å². The topological polar surface area (TPSA) is 62.0 Å². The molecule has 1 aliphatic rings. The number of H-pyrrole nitrogens is 1. The van der Waals surface area contributed by atoms with Crippen LogP contribution in [0, 0.1) is 0 Å². The zero-order valence-corrected chi connectivity index (χ0v) is 10.8. The second-order valence-electron chi connectivity index (χ2n) is 4.38. The minimum absolute atomic E-state index is 0.0787. The Morgan fingerprint density at radius 1 is 1.25 bits per heavy atom. The quantitative estimate of drug-likeness (QED) is 0.783. The van der Waals surface area contributed by atoms with Crippen molar-refractivity contribution in [3.63, 3.8) is 0 Å². The molecule has 1 aromatic heterocycles. The number of benzene rings is 1. The maximum atomic E-state index is 13.1. The van der Waals surface area contributed by atoms with Crippen molar-refractivity contribution in [1.29, 1.82) is 0 Å². The van der Waals surface area contributed by atoms with Gasteiger partial charge in [0, 0.05) is 23.8 Å². The number of pyridine rings is 1. The predicted octanol–water partition coefficient (Wildman–Crippen LogP) is 2.08. The van der Waals surface area contributed by atoms with Crippen LogP contribution in [-0.4, -0.2) is 21.5 Å². The summed E-state index contributed by atoms with van der Waals surface area (Å²) in [4.78, 5) is 14.1. The lowest BCUT2D eigenvalue weighted by Crippen LogP contribution is -2.21. The summed E-state index contributed by atoms with van der Waals surface area (Å²) < 4.78 is 51.2. The number of rotatable bonds is 0. The number of hydrogen-bond acceptors (Lipinski definition) is 3. The zero-order valence-electron chi connectivity index (χ0n) is 10.0. The fourth-order valence-corrected chi connectivity index (χ4v) is 3.44. The zero-order chi connectivity index (χ0) is 14.5. The molecule has 1 unspecified atom stereocenters. The summed E-state index contributed by atoms with van der Waals surface area (Å²) in [6, 6.07) is 3.37. The molecule has 0 spiro atoms. The number of halogens is 3. The van der Waals surface area contributed by atoms with Crippen molar-refractivity contribution in [1.82, 2.24) is 4.98 Å². The molecule has 2 aromatic rings. The Hall–Kier alpha value is -1.83. The smallest absolute Gasteiger partial charge is 0.383 e. The molecule has 8 heteroatoms. The van der Waals surface area contributed by atoms with E-state index in [0.717, 1.165) is 0 Å². The standard InChI is InChI=1S/C12H9F3N2O2S/c13-12(14,15)6-5-9(18)17-7-1-2-8-11(10(6)7)16-3-4-20(8)19/h1-2,5,16H,3-4H2,(H,17,18). The highest BCUT2D eigenvalue weighted by Gasteiger charge is 2.35. The third-order valence-corrected chi connectivity index (χ3v) is 4.52. The molecular weight excluding hydrogens is 293 g/mol. The van der Waals surface area contributed by atoms with Crippen molar-refractivity contribution in [3.8, 4) is 0 Å². The van der Waals surface area contributed by atoms with Gasteiger partial charge in [-0.25, -0.2) is 0 Å². The van der Waals surface area contributed by atoms with Crippen LogP contribution < -0.4 is 10.9 Å². The lowest BCUT2D eigenvalue weighted by Gasteiger charge is -2.21. The number of nitrogens with one attached hydrogen (secondary N) is 2. The third-order valence-electron chi connectivity index (χ3n) is 3.11. The van der Waals surface area contributed by atoms with Gasteiger partial charge >= 0.3 is 6.18 Å². The average molecular weight is 302 g/mol. The molecule has 106 valence electrons. The molecule has 0 fully saturated rings. The average Bonchev–Trinajstić information content (AvgIpc) is 2.36. The minimum Gasteiger partial charge on any atom is -0.383 e. The number of fused-ring (bicyclic) bond motifs is 3. The van der Waals surface area contributed by atoms with Gasteiger partial charge in [-0.1, -0.05) is 0 Å². The Bertz CT molecular complexity index is 783. The highest BCUT2D eigenvalue weighted by atomic mass is 32.2. The van der Waals surface area contributed by atoms with Gasteiger partial charge < -0.3 is 10.3 Å². The molecule has 0 saturated carbocycles. The molecule has 0 bridgehead atoms. The van der Waals surface area contributed by atoms with E-state index in [1.54, 1.807) is 0 Å². The lowest BCUT2D eigenvalue weighted by atomic mass is 10.1. The van der Waals surface area contributed by atoms with Crippen molar-refractivity contribution in [2.24, 2.45) is 0 Å². The van der Waals surface area contributed by atoms with Crippen molar-refractivity contribution in [3.05, 3.63) is 34.1 Å². The molecule has 3 rings (SSSR count). The Kier molecular flexibility index (Phi) is 2.86. The first-order valence-corrected chi connectivity index (χ1v) is 7.09. The lowest BCUT2D eigenvalue weighted by molar-refractivity contribution is -0.136. The van der Waals surface area contributed by atoms with Gasteiger partial charge in [-0.15, -0.1) is 0 Å².